The second-order valence-electron chi connectivity index (χ2n) is 6.34. The number of hydrogen-bond acceptors (Lipinski definition) is 4. The van der Waals surface area contributed by atoms with E-state index in [1.54, 1.807) is 12.1 Å². The van der Waals surface area contributed by atoms with Crippen molar-refractivity contribution in [2.24, 2.45) is 0 Å². The quantitative estimate of drug-likeness (QED) is 0.812. The van der Waals surface area contributed by atoms with Crippen molar-refractivity contribution in [3.8, 4) is 0 Å². The van der Waals surface area contributed by atoms with Gasteiger partial charge in [-0.25, -0.2) is 8.42 Å². The molecule has 0 radical (unpaired) electrons. The zero-order valence-corrected chi connectivity index (χ0v) is 15.4. The minimum atomic E-state index is -3.53. The summed E-state index contributed by atoms with van der Waals surface area (Å²) < 4.78 is 27.1. The standard InChI is InChI=1S/C17H27N3O3S/c1-13-7-8-15(24(22,23)20-9-5-4-6-10-20)11-16(13)17(21)19-12-14(2)18-3/h7-8,11,14,18H,4-6,9-10,12H2,1-3H3,(H,19,21). The normalized spacial score (nSPS) is 17.5. The Labute approximate surface area is 144 Å². The first kappa shape index (κ1) is 18.9. The van der Waals surface area contributed by atoms with Gasteiger partial charge in [0.25, 0.3) is 5.91 Å². The van der Waals surface area contributed by atoms with Gasteiger partial charge in [-0.05, 0) is 51.4 Å². The number of amides is 1. The first-order valence-corrected chi connectivity index (χ1v) is 9.86. The largest absolute Gasteiger partial charge is 0.350 e. The minimum absolute atomic E-state index is 0.148. The van der Waals surface area contributed by atoms with Gasteiger partial charge in [-0.2, -0.15) is 4.31 Å². The topological polar surface area (TPSA) is 78.5 Å². The second kappa shape index (κ2) is 8.09. The summed E-state index contributed by atoms with van der Waals surface area (Å²) in [4.78, 5) is 12.6. The zero-order valence-electron chi connectivity index (χ0n) is 14.6. The Morgan fingerprint density at radius 2 is 1.92 bits per heavy atom. The molecule has 24 heavy (non-hydrogen) atoms. The van der Waals surface area contributed by atoms with Crippen molar-refractivity contribution in [3.05, 3.63) is 29.3 Å². The molecule has 1 aromatic carbocycles. The predicted octanol–water partition coefficient (Wildman–Crippen LogP) is 1.51. The molecule has 1 aliphatic heterocycles. The van der Waals surface area contributed by atoms with E-state index < -0.39 is 10.0 Å². The summed E-state index contributed by atoms with van der Waals surface area (Å²) >= 11 is 0. The van der Waals surface area contributed by atoms with Gasteiger partial charge in [0.2, 0.25) is 10.0 Å². The maximum absolute atomic E-state index is 12.8. The van der Waals surface area contributed by atoms with Gasteiger partial charge in [0.05, 0.1) is 4.90 Å². The second-order valence-corrected chi connectivity index (χ2v) is 8.28. The van der Waals surface area contributed by atoms with Crippen LogP contribution >= 0.6 is 0 Å². The molecule has 1 heterocycles. The van der Waals surface area contributed by atoms with Crippen LogP contribution in [-0.4, -0.2) is 51.4 Å². The van der Waals surface area contributed by atoms with E-state index in [2.05, 4.69) is 10.6 Å². The first-order chi connectivity index (χ1) is 11.4. The van der Waals surface area contributed by atoms with E-state index in [1.165, 1.54) is 10.4 Å². The lowest BCUT2D eigenvalue weighted by Gasteiger charge is -2.26. The van der Waals surface area contributed by atoms with E-state index in [-0.39, 0.29) is 16.8 Å². The van der Waals surface area contributed by atoms with Crippen LogP contribution in [0.4, 0.5) is 0 Å². The average molecular weight is 353 g/mol. The van der Waals surface area contributed by atoms with Gasteiger partial charge in [0.15, 0.2) is 0 Å². The Morgan fingerprint density at radius 1 is 1.25 bits per heavy atom. The van der Waals surface area contributed by atoms with Crippen molar-refractivity contribution in [2.75, 3.05) is 26.7 Å². The molecule has 0 bridgehead atoms. The van der Waals surface area contributed by atoms with Crippen LogP contribution in [0.1, 0.15) is 42.1 Å². The molecule has 1 aromatic rings. The molecule has 7 heteroatoms. The van der Waals surface area contributed by atoms with Crippen LogP contribution in [0.3, 0.4) is 0 Å². The molecular formula is C17H27N3O3S. The molecule has 1 unspecified atom stereocenters. The zero-order chi connectivity index (χ0) is 17.7. The minimum Gasteiger partial charge on any atom is -0.350 e. The van der Waals surface area contributed by atoms with Gasteiger partial charge in [0.1, 0.15) is 0 Å². The predicted molar refractivity (Wildman–Crippen MR) is 94.6 cm³/mol. The van der Waals surface area contributed by atoms with Crippen LogP contribution in [0, 0.1) is 6.92 Å². The lowest BCUT2D eigenvalue weighted by Crippen LogP contribution is -2.38. The lowest BCUT2D eigenvalue weighted by molar-refractivity contribution is 0.0949. The van der Waals surface area contributed by atoms with Crippen LogP contribution in [0.5, 0.6) is 0 Å². The molecule has 0 aromatic heterocycles. The van der Waals surface area contributed by atoms with E-state index in [0.717, 1.165) is 24.8 Å². The van der Waals surface area contributed by atoms with E-state index in [4.69, 9.17) is 0 Å². The molecule has 1 atom stereocenters. The van der Waals surface area contributed by atoms with Crippen molar-refractivity contribution in [1.29, 1.82) is 0 Å². The molecule has 1 amide bonds. The molecule has 2 N–H and O–H groups in total. The Hall–Kier alpha value is -1.44. The molecule has 134 valence electrons. The summed E-state index contributed by atoms with van der Waals surface area (Å²) in [6.45, 7) is 5.37. The SMILES string of the molecule is CNC(C)CNC(=O)c1cc(S(=O)(=O)N2CCCCC2)ccc1C. The number of carbonyl (C=O) groups excluding carboxylic acids is 1. The fraction of sp³-hybridized carbons (Fsp3) is 0.588. The van der Waals surface area contributed by atoms with Gasteiger partial charge < -0.3 is 10.6 Å². The monoisotopic (exact) mass is 353 g/mol. The molecule has 2 rings (SSSR count). The summed E-state index contributed by atoms with van der Waals surface area (Å²) in [5, 5.41) is 5.89. The number of aryl methyl sites for hydroxylation is 1. The molecule has 1 fully saturated rings. The van der Waals surface area contributed by atoms with Crippen molar-refractivity contribution < 1.29 is 13.2 Å². The highest BCUT2D eigenvalue weighted by Crippen LogP contribution is 2.22. The number of sulfonamides is 1. The number of likely N-dealkylation sites (N-methyl/N-ethyl adjacent to an activating group) is 1. The van der Waals surface area contributed by atoms with Gasteiger partial charge in [-0.3, -0.25) is 4.79 Å². The summed E-state index contributed by atoms with van der Waals surface area (Å²) in [7, 11) is -1.70. The third-order valence-corrected chi connectivity index (χ3v) is 6.36. The van der Waals surface area contributed by atoms with Gasteiger partial charge >= 0.3 is 0 Å². The number of hydrogen-bond donors (Lipinski definition) is 2. The summed E-state index contributed by atoms with van der Waals surface area (Å²) in [5.41, 5.74) is 1.18. The van der Waals surface area contributed by atoms with Gasteiger partial charge in [0, 0.05) is 31.2 Å². The molecule has 1 aliphatic rings. The molecule has 6 nitrogen and oxygen atoms in total. The van der Waals surface area contributed by atoms with Crippen molar-refractivity contribution in [1.82, 2.24) is 14.9 Å². The van der Waals surface area contributed by atoms with E-state index in [9.17, 15) is 13.2 Å². The number of rotatable bonds is 6. The Bertz CT molecular complexity index is 682. The van der Waals surface area contributed by atoms with E-state index in [0.29, 0.717) is 25.2 Å². The number of carbonyl (C=O) groups is 1. The first-order valence-electron chi connectivity index (χ1n) is 8.42. The fourth-order valence-electron chi connectivity index (χ4n) is 2.70. The van der Waals surface area contributed by atoms with Crippen LogP contribution in [0.25, 0.3) is 0 Å². The third kappa shape index (κ3) is 4.34. The number of piperidine rings is 1. The van der Waals surface area contributed by atoms with Crippen LogP contribution < -0.4 is 10.6 Å². The number of nitrogens with one attached hydrogen (secondary N) is 2. The molecule has 0 aliphatic carbocycles. The average Bonchev–Trinajstić information content (AvgIpc) is 2.60. The third-order valence-electron chi connectivity index (χ3n) is 4.47. The molecular weight excluding hydrogens is 326 g/mol. The molecule has 0 saturated carbocycles. The van der Waals surface area contributed by atoms with Gasteiger partial charge in [-0.1, -0.05) is 12.5 Å². The highest BCUT2D eigenvalue weighted by atomic mass is 32.2. The van der Waals surface area contributed by atoms with Gasteiger partial charge in [-0.15, -0.1) is 0 Å². The van der Waals surface area contributed by atoms with Crippen LogP contribution in [0.15, 0.2) is 23.1 Å². The smallest absolute Gasteiger partial charge is 0.251 e. The Kier molecular flexibility index (Phi) is 6.37. The Balaban J connectivity index is 2.22. The Morgan fingerprint density at radius 3 is 2.54 bits per heavy atom. The summed E-state index contributed by atoms with van der Waals surface area (Å²) in [6, 6.07) is 4.94. The maximum atomic E-state index is 12.8. The highest BCUT2D eigenvalue weighted by molar-refractivity contribution is 7.89. The van der Waals surface area contributed by atoms with Crippen molar-refractivity contribution in [3.63, 3.8) is 0 Å². The summed E-state index contributed by atoms with van der Waals surface area (Å²) in [6.07, 6.45) is 2.85. The maximum Gasteiger partial charge on any atom is 0.251 e. The van der Waals surface area contributed by atoms with Crippen molar-refractivity contribution in [2.45, 2.75) is 44.0 Å². The fourth-order valence-corrected chi connectivity index (χ4v) is 4.25. The summed E-state index contributed by atoms with van der Waals surface area (Å²) in [5.74, 6) is -0.245. The number of nitrogens with zero attached hydrogens (tertiary/aromatic N) is 1. The van der Waals surface area contributed by atoms with Crippen LogP contribution in [-0.2, 0) is 10.0 Å². The lowest BCUT2D eigenvalue weighted by atomic mass is 10.1. The van der Waals surface area contributed by atoms with Crippen LogP contribution in [0.2, 0.25) is 0 Å². The van der Waals surface area contributed by atoms with E-state index in [1.807, 2.05) is 20.9 Å². The highest BCUT2D eigenvalue weighted by Gasteiger charge is 2.27. The molecule has 1 saturated heterocycles. The van der Waals surface area contributed by atoms with E-state index >= 15 is 0 Å². The van der Waals surface area contributed by atoms with Crippen molar-refractivity contribution >= 4 is 15.9 Å². The molecule has 0 spiro atoms. The number of benzene rings is 1.